The Kier molecular flexibility index (Phi) is 5.67. The van der Waals surface area contributed by atoms with Gasteiger partial charge in [-0.15, -0.1) is 11.6 Å². The molecule has 0 saturated carbocycles. The van der Waals surface area contributed by atoms with Crippen LogP contribution in [-0.2, 0) is 0 Å². The maximum atomic E-state index is 11.7. The first-order valence-corrected chi connectivity index (χ1v) is 7.30. The van der Waals surface area contributed by atoms with Gasteiger partial charge in [0.05, 0.1) is 17.3 Å². The number of nitrogens with zero attached hydrogens (tertiary/aromatic N) is 1. The number of nitrogens with one attached hydrogen (secondary N) is 2. The van der Waals surface area contributed by atoms with Gasteiger partial charge in [0.25, 0.3) is 0 Å². The van der Waals surface area contributed by atoms with Gasteiger partial charge in [0, 0.05) is 11.6 Å². The molecule has 0 spiro atoms. The van der Waals surface area contributed by atoms with Crippen molar-refractivity contribution < 1.29 is 4.79 Å². The maximum absolute atomic E-state index is 11.7. The number of urea groups is 1. The number of benzene rings is 1. The van der Waals surface area contributed by atoms with Gasteiger partial charge < -0.3 is 10.6 Å². The van der Waals surface area contributed by atoms with Crippen molar-refractivity contribution in [3.05, 3.63) is 58.3 Å². The molecule has 7 heteroatoms. The predicted octanol–water partition coefficient (Wildman–Crippen LogP) is 4.49. The summed E-state index contributed by atoms with van der Waals surface area (Å²) in [6, 6.07) is 10.0. The van der Waals surface area contributed by atoms with Gasteiger partial charge in [-0.1, -0.05) is 35.3 Å². The van der Waals surface area contributed by atoms with Crippen LogP contribution in [0.2, 0.25) is 10.2 Å². The summed E-state index contributed by atoms with van der Waals surface area (Å²) in [6.45, 7) is 0.288. The molecular formula is C14H12Cl3N3O. The first kappa shape index (κ1) is 15.9. The van der Waals surface area contributed by atoms with Crippen LogP contribution in [0.1, 0.15) is 10.9 Å². The number of amides is 2. The van der Waals surface area contributed by atoms with E-state index in [-0.39, 0.29) is 18.0 Å². The predicted molar refractivity (Wildman–Crippen MR) is 86.3 cm³/mol. The quantitative estimate of drug-likeness (QED) is 0.634. The van der Waals surface area contributed by atoms with Crippen LogP contribution in [-0.4, -0.2) is 17.6 Å². The van der Waals surface area contributed by atoms with Gasteiger partial charge in [0.2, 0.25) is 0 Å². The number of rotatable bonds is 4. The fourth-order valence-electron chi connectivity index (χ4n) is 1.60. The van der Waals surface area contributed by atoms with Crippen molar-refractivity contribution >= 4 is 46.5 Å². The molecule has 0 aliphatic carbocycles. The zero-order valence-corrected chi connectivity index (χ0v) is 13.1. The molecule has 21 heavy (non-hydrogen) atoms. The van der Waals surface area contributed by atoms with Crippen LogP contribution in [0.25, 0.3) is 0 Å². The third-order valence-corrected chi connectivity index (χ3v) is 3.54. The molecule has 0 aliphatic rings. The van der Waals surface area contributed by atoms with Crippen LogP contribution < -0.4 is 10.6 Å². The summed E-state index contributed by atoms with van der Waals surface area (Å²) in [7, 11) is 0. The van der Waals surface area contributed by atoms with E-state index in [4.69, 9.17) is 34.8 Å². The zero-order chi connectivity index (χ0) is 15.2. The van der Waals surface area contributed by atoms with Crippen molar-refractivity contribution in [2.24, 2.45) is 0 Å². The topological polar surface area (TPSA) is 54.0 Å². The molecule has 2 aromatic rings. The third kappa shape index (κ3) is 5.08. The van der Waals surface area contributed by atoms with E-state index < -0.39 is 0 Å². The van der Waals surface area contributed by atoms with E-state index in [1.807, 2.05) is 12.1 Å². The number of carbonyl (C=O) groups excluding carboxylic acids is 1. The lowest BCUT2D eigenvalue weighted by Crippen LogP contribution is -2.31. The molecular weight excluding hydrogens is 333 g/mol. The lowest BCUT2D eigenvalue weighted by atomic mass is 10.1. The summed E-state index contributed by atoms with van der Waals surface area (Å²) < 4.78 is 0. The molecule has 1 unspecified atom stereocenters. The number of carbonyl (C=O) groups is 1. The Hall–Kier alpha value is -1.49. The average Bonchev–Trinajstić information content (AvgIpc) is 2.48. The molecule has 4 nitrogen and oxygen atoms in total. The molecule has 0 fully saturated rings. The molecule has 110 valence electrons. The van der Waals surface area contributed by atoms with Crippen molar-refractivity contribution in [3.8, 4) is 0 Å². The number of hydrogen-bond acceptors (Lipinski definition) is 2. The summed E-state index contributed by atoms with van der Waals surface area (Å²) in [5, 5.41) is 5.99. The normalized spacial score (nSPS) is 11.8. The molecule has 0 saturated heterocycles. The maximum Gasteiger partial charge on any atom is 0.319 e. The monoisotopic (exact) mass is 343 g/mol. The summed E-state index contributed by atoms with van der Waals surface area (Å²) in [4.78, 5) is 15.6. The van der Waals surface area contributed by atoms with Gasteiger partial charge in [-0.3, -0.25) is 0 Å². The fourth-order valence-corrected chi connectivity index (χ4v) is 2.06. The van der Waals surface area contributed by atoms with Gasteiger partial charge >= 0.3 is 6.03 Å². The Balaban J connectivity index is 1.83. The average molecular weight is 345 g/mol. The Bertz CT molecular complexity index is 602. The summed E-state index contributed by atoms with van der Waals surface area (Å²) in [6.07, 6.45) is 1.47. The van der Waals surface area contributed by atoms with E-state index in [0.717, 1.165) is 5.56 Å². The van der Waals surface area contributed by atoms with Crippen molar-refractivity contribution in [3.63, 3.8) is 0 Å². The number of pyridine rings is 1. The molecule has 1 aromatic heterocycles. The molecule has 0 bridgehead atoms. The summed E-state index contributed by atoms with van der Waals surface area (Å²) in [5.74, 6) is 0. The molecule has 2 amide bonds. The molecule has 0 aliphatic heterocycles. The van der Waals surface area contributed by atoms with E-state index >= 15 is 0 Å². The first-order chi connectivity index (χ1) is 10.0. The molecule has 1 aromatic carbocycles. The Morgan fingerprint density at radius 3 is 2.48 bits per heavy atom. The molecule has 2 rings (SSSR count). The zero-order valence-electron chi connectivity index (χ0n) is 10.8. The molecule has 1 heterocycles. The minimum atomic E-state index is -0.362. The number of hydrogen-bond donors (Lipinski definition) is 2. The third-order valence-electron chi connectivity index (χ3n) is 2.66. The van der Waals surface area contributed by atoms with Crippen LogP contribution in [0.15, 0.2) is 42.6 Å². The smallest absolute Gasteiger partial charge is 0.319 e. The molecule has 0 radical (unpaired) electrons. The number of alkyl halides is 1. The van der Waals surface area contributed by atoms with E-state index in [1.165, 1.54) is 6.20 Å². The highest BCUT2D eigenvalue weighted by Gasteiger charge is 2.10. The Labute approximate surface area is 137 Å². The highest BCUT2D eigenvalue weighted by atomic mass is 35.5. The molecule has 2 N–H and O–H groups in total. The van der Waals surface area contributed by atoms with Crippen LogP contribution >= 0.6 is 34.8 Å². The van der Waals surface area contributed by atoms with Gasteiger partial charge in [-0.25, -0.2) is 9.78 Å². The summed E-state index contributed by atoms with van der Waals surface area (Å²) >= 11 is 17.7. The summed E-state index contributed by atoms with van der Waals surface area (Å²) in [5.41, 5.74) is 1.43. The van der Waals surface area contributed by atoms with Crippen molar-refractivity contribution in [1.29, 1.82) is 0 Å². The van der Waals surface area contributed by atoms with Gasteiger partial charge in [0.15, 0.2) is 0 Å². The van der Waals surface area contributed by atoms with Crippen LogP contribution in [0.4, 0.5) is 10.5 Å². The van der Waals surface area contributed by atoms with Crippen molar-refractivity contribution in [2.75, 3.05) is 11.9 Å². The standard InChI is InChI=1S/C14H12Cl3N3O/c15-10-3-1-9(2-4-10)12(16)8-19-14(21)20-11-5-6-13(17)18-7-11/h1-7,12H,8H2,(H2,19,20,21). The van der Waals surface area contributed by atoms with Crippen molar-refractivity contribution in [1.82, 2.24) is 10.3 Å². The largest absolute Gasteiger partial charge is 0.336 e. The Morgan fingerprint density at radius 2 is 1.86 bits per heavy atom. The van der Waals surface area contributed by atoms with Crippen LogP contribution in [0.3, 0.4) is 0 Å². The van der Waals surface area contributed by atoms with E-state index in [9.17, 15) is 4.79 Å². The van der Waals surface area contributed by atoms with Crippen molar-refractivity contribution in [2.45, 2.75) is 5.38 Å². The van der Waals surface area contributed by atoms with E-state index in [0.29, 0.717) is 15.9 Å². The number of anilines is 1. The first-order valence-electron chi connectivity index (χ1n) is 6.10. The minimum absolute atomic E-state index is 0.288. The molecule has 1 atom stereocenters. The highest BCUT2D eigenvalue weighted by Crippen LogP contribution is 2.21. The second-order valence-electron chi connectivity index (χ2n) is 4.22. The van der Waals surface area contributed by atoms with Gasteiger partial charge in [-0.05, 0) is 29.8 Å². The number of aromatic nitrogens is 1. The lowest BCUT2D eigenvalue weighted by Gasteiger charge is -2.12. The highest BCUT2D eigenvalue weighted by molar-refractivity contribution is 6.30. The van der Waals surface area contributed by atoms with Gasteiger partial charge in [-0.2, -0.15) is 0 Å². The van der Waals surface area contributed by atoms with E-state index in [2.05, 4.69) is 15.6 Å². The minimum Gasteiger partial charge on any atom is -0.336 e. The van der Waals surface area contributed by atoms with Crippen LogP contribution in [0.5, 0.6) is 0 Å². The Morgan fingerprint density at radius 1 is 1.14 bits per heavy atom. The van der Waals surface area contributed by atoms with Crippen LogP contribution in [0, 0.1) is 0 Å². The number of halogens is 3. The second kappa shape index (κ2) is 7.50. The lowest BCUT2D eigenvalue weighted by molar-refractivity contribution is 0.252. The van der Waals surface area contributed by atoms with E-state index in [1.54, 1.807) is 24.3 Å². The second-order valence-corrected chi connectivity index (χ2v) is 5.57. The van der Waals surface area contributed by atoms with Gasteiger partial charge in [0.1, 0.15) is 5.15 Å². The SMILES string of the molecule is O=C(NCC(Cl)c1ccc(Cl)cc1)Nc1ccc(Cl)nc1. The fraction of sp³-hybridized carbons (Fsp3) is 0.143.